The van der Waals surface area contributed by atoms with Gasteiger partial charge in [-0.05, 0) is 58.9 Å². The van der Waals surface area contributed by atoms with Crippen LogP contribution in [0.2, 0.25) is 0 Å². The van der Waals surface area contributed by atoms with Crippen molar-refractivity contribution in [1.29, 1.82) is 0 Å². The lowest BCUT2D eigenvalue weighted by molar-refractivity contribution is -0.0440. The molecule has 0 spiro atoms. The zero-order valence-electron chi connectivity index (χ0n) is 19.1. The second kappa shape index (κ2) is 9.56. The molecule has 0 amide bonds. The Labute approximate surface area is 189 Å². The van der Waals surface area contributed by atoms with Crippen LogP contribution in [0.4, 0.5) is 0 Å². The van der Waals surface area contributed by atoms with E-state index >= 15 is 0 Å². The van der Waals surface area contributed by atoms with E-state index in [-0.39, 0.29) is 41.5 Å². The fourth-order valence-corrected chi connectivity index (χ4v) is 5.76. The average molecular weight is 463 g/mol. The zero-order valence-corrected chi connectivity index (χ0v) is 19.9. The zero-order chi connectivity index (χ0) is 23.6. The van der Waals surface area contributed by atoms with Gasteiger partial charge in [-0.15, -0.1) is 0 Å². The van der Waals surface area contributed by atoms with Crippen molar-refractivity contribution >= 4 is 21.8 Å². The molecule has 0 N–H and O–H groups in total. The van der Waals surface area contributed by atoms with Crippen LogP contribution >= 0.6 is 0 Å². The Hall–Kier alpha value is -2.49. The van der Waals surface area contributed by atoms with Gasteiger partial charge in [0.1, 0.15) is 0 Å². The molecule has 1 aromatic heterocycles. The second-order valence-corrected chi connectivity index (χ2v) is 10.1. The SMILES string of the molecule is CCn1c(C)cc(C(=O)COC(=O)c2cccc(S(=O)(=O)N3CC(C)OC(C)C3)c2)c1C. The molecule has 8 nitrogen and oxygen atoms in total. The quantitative estimate of drug-likeness (QED) is 0.464. The van der Waals surface area contributed by atoms with Gasteiger partial charge in [0.15, 0.2) is 6.61 Å². The van der Waals surface area contributed by atoms with Gasteiger partial charge in [-0.2, -0.15) is 4.31 Å². The molecule has 0 aliphatic carbocycles. The van der Waals surface area contributed by atoms with E-state index in [4.69, 9.17) is 9.47 Å². The molecule has 1 fully saturated rings. The van der Waals surface area contributed by atoms with Crippen LogP contribution in [0.3, 0.4) is 0 Å². The lowest BCUT2D eigenvalue weighted by Crippen LogP contribution is -2.48. The van der Waals surface area contributed by atoms with Gasteiger partial charge in [-0.3, -0.25) is 4.79 Å². The van der Waals surface area contributed by atoms with E-state index < -0.39 is 22.6 Å². The monoisotopic (exact) mass is 462 g/mol. The van der Waals surface area contributed by atoms with Crippen molar-refractivity contribution in [2.45, 2.75) is 58.3 Å². The average Bonchev–Trinajstić information content (AvgIpc) is 3.04. The second-order valence-electron chi connectivity index (χ2n) is 8.14. The maximum Gasteiger partial charge on any atom is 0.338 e. The van der Waals surface area contributed by atoms with Crippen LogP contribution in [0.25, 0.3) is 0 Å². The van der Waals surface area contributed by atoms with E-state index in [9.17, 15) is 18.0 Å². The minimum atomic E-state index is -3.79. The van der Waals surface area contributed by atoms with E-state index in [0.717, 1.165) is 17.9 Å². The third-order valence-electron chi connectivity index (χ3n) is 5.62. The summed E-state index contributed by atoms with van der Waals surface area (Å²) >= 11 is 0. The highest BCUT2D eigenvalue weighted by molar-refractivity contribution is 7.89. The number of hydrogen-bond donors (Lipinski definition) is 0. The van der Waals surface area contributed by atoms with Crippen LogP contribution in [0.15, 0.2) is 35.2 Å². The molecule has 0 saturated carbocycles. The van der Waals surface area contributed by atoms with E-state index in [1.54, 1.807) is 6.07 Å². The molecule has 1 aliphatic heterocycles. The van der Waals surface area contributed by atoms with Gasteiger partial charge in [-0.1, -0.05) is 6.07 Å². The van der Waals surface area contributed by atoms with Crippen LogP contribution in [0.1, 0.15) is 52.9 Å². The number of benzene rings is 1. The number of ketones is 1. The first-order valence-corrected chi connectivity index (χ1v) is 12.1. The molecule has 174 valence electrons. The number of morpholine rings is 1. The molecule has 1 aromatic carbocycles. The summed E-state index contributed by atoms with van der Waals surface area (Å²) in [5.41, 5.74) is 2.38. The van der Waals surface area contributed by atoms with Gasteiger partial charge in [0.2, 0.25) is 15.8 Å². The Morgan fingerprint density at radius 2 is 1.78 bits per heavy atom. The molecular formula is C23H30N2O6S. The summed E-state index contributed by atoms with van der Waals surface area (Å²) in [6.07, 6.45) is -0.440. The molecule has 0 bridgehead atoms. The van der Waals surface area contributed by atoms with Crippen molar-refractivity contribution in [3.63, 3.8) is 0 Å². The van der Waals surface area contributed by atoms with Gasteiger partial charge in [-0.25, -0.2) is 13.2 Å². The molecule has 2 unspecified atom stereocenters. The molecule has 1 saturated heterocycles. The van der Waals surface area contributed by atoms with E-state index in [1.807, 2.05) is 39.2 Å². The number of aromatic nitrogens is 1. The van der Waals surface area contributed by atoms with Crippen molar-refractivity contribution in [3.8, 4) is 0 Å². The molecule has 3 rings (SSSR count). The molecule has 32 heavy (non-hydrogen) atoms. The lowest BCUT2D eigenvalue weighted by Gasteiger charge is -2.34. The number of hydrogen-bond acceptors (Lipinski definition) is 6. The third-order valence-corrected chi connectivity index (χ3v) is 7.45. The van der Waals surface area contributed by atoms with Crippen molar-refractivity contribution in [3.05, 3.63) is 52.8 Å². The number of ether oxygens (including phenoxy) is 2. The summed E-state index contributed by atoms with van der Waals surface area (Å²) < 4.78 is 40.3. The molecule has 2 aromatic rings. The highest BCUT2D eigenvalue weighted by Crippen LogP contribution is 2.22. The summed E-state index contributed by atoms with van der Waals surface area (Å²) in [6.45, 7) is 10.2. The van der Waals surface area contributed by atoms with Crippen molar-refractivity contribution in [1.82, 2.24) is 8.87 Å². The fraction of sp³-hybridized carbons (Fsp3) is 0.478. The highest BCUT2D eigenvalue weighted by Gasteiger charge is 2.32. The molecular weight excluding hydrogens is 432 g/mol. The fourth-order valence-electron chi connectivity index (χ4n) is 4.12. The number of esters is 1. The molecule has 2 heterocycles. The third kappa shape index (κ3) is 4.95. The number of rotatable bonds is 7. The Morgan fingerprint density at radius 3 is 2.38 bits per heavy atom. The van der Waals surface area contributed by atoms with Crippen LogP contribution in [-0.2, 0) is 26.0 Å². The van der Waals surface area contributed by atoms with Crippen molar-refractivity contribution < 1.29 is 27.5 Å². The van der Waals surface area contributed by atoms with E-state index in [0.29, 0.717) is 5.56 Å². The smallest absolute Gasteiger partial charge is 0.338 e. The minimum absolute atomic E-state index is 0.00562. The maximum atomic E-state index is 13.1. The maximum absolute atomic E-state index is 13.1. The minimum Gasteiger partial charge on any atom is -0.454 e. The standard InChI is InChI=1S/C23H30N2O6S/c1-6-25-15(2)10-21(18(25)5)22(26)14-30-23(27)19-8-7-9-20(11-19)32(28,29)24-12-16(3)31-17(4)13-24/h7-11,16-17H,6,12-14H2,1-5H3. The number of sulfonamides is 1. The summed E-state index contributed by atoms with van der Waals surface area (Å²) in [7, 11) is -3.79. The van der Waals surface area contributed by atoms with Gasteiger partial charge in [0.05, 0.1) is 22.7 Å². The largest absolute Gasteiger partial charge is 0.454 e. The first kappa shape index (κ1) is 24.2. The van der Waals surface area contributed by atoms with Crippen LogP contribution in [-0.4, -0.2) is 60.9 Å². The molecule has 1 aliphatic rings. The Balaban J connectivity index is 1.72. The number of carbonyl (C=O) groups is 2. The predicted octanol–water partition coefficient (Wildman–Crippen LogP) is 2.96. The van der Waals surface area contributed by atoms with Gasteiger partial charge < -0.3 is 14.0 Å². The normalized spacial score (nSPS) is 19.7. The van der Waals surface area contributed by atoms with Crippen molar-refractivity contribution in [2.24, 2.45) is 0 Å². The Kier molecular flexibility index (Phi) is 7.22. The first-order chi connectivity index (χ1) is 15.0. The lowest BCUT2D eigenvalue weighted by atomic mass is 10.1. The van der Waals surface area contributed by atoms with Crippen molar-refractivity contribution in [2.75, 3.05) is 19.7 Å². The van der Waals surface area contributed by atoms with E-state index in [1.165, 1.54) is 28.6 Å². The topological polar surface area (TPSA) is 94.9 Å². The van der Waals surface area contributed by atoms with Gasteiger partial charge in [0.25, 0.3) is 0 Å². The first-order valence-electron chi connectivity index (χ1n) is 10.7. The molecule has 9 heteroatoms. The summed E-state index contributed by atoms with van der Waals surface area (Å²) in [4.78, 5) is 25.1. The summed E-state index contributed by atoms with van der Waals surface area (Å²) in [5, 5.41) is 0. The predicted molar refractivity (Wildman–Crippen MR) is 119 cm³/mol. The summed E-state index contributed by atoms with van der Waals surface area (Å²) in [5.74, 6) is -1.05. The Morgan fingerprint density at radius 1 is 1.12 bits per heavy atom. The van der Waals surface area contributed by atoms with E-state index in [2.05, 4.69) is 0 Å². The number of carbonyl (C=O) groups excluding carboxylic acids is 2. The van der Waals surface area contributed by atoms with Crippen LogP contribution < -0.4 is 0 Å². The molecule has 2 atom stereocenters. The van der Waals surface area contributed by atoms with Crippen LogP contribution in [0, 0.1) is 13.8 Å². The molecule has 0 radical (unpaired) electrons. The number of Topliss-reactive ketones (excluding diaryl/α,β-unsaturated/α-hetero) is 1. The summed E-state index contributed by atoms with van der Waals surface area (Å²) in [6, 6.07) is 7.48. The number of nitrogens with zero attached hydrogens (tertiary/aromatic N) is 2. The van der Waals surface area contributed by atoms with Gasteiger partial charge in [0, 0.05) is 36.6 Å². The van der Waals surface area contributed by atoms with Crippen LogP contribution in [0.5, 0.6) is 0 Å². The highest BCUT2D eigenvalue weighted by atomic mass is 32.2. The van der Waals surface area contributed by atoms with Gasteiger partial charge >= 0.3 is 5.97 Å². The number of aryl methyl sites for hydroxylation is 1. The Bertz CT molecular complexity index is 1110.